The molecule has 0 amide bonds. The third-order valence-electron chi connectivity index (χ3n) is 2.76. The standard InChI is InChI=1S/C13H15N3O2/c1-8(2)9-3-5-10(6-4-9)16-12(14)7-11(15-16)13(17)18/h3-8H,14H2,1-2H3,(H,17,18). The van der Waals surface area contributed by atoms with Gasteiger partial charge in [-0.15, -0.1) is 0 Å². The highest BCUT2D eigenvalue weighted by Crippen LogP contribution is 2.19. The maximum absolute atomic E-state index is 10.8. The molecule has 0 aliphatic rings. The van der Waals surface area contributed by atoms with Crippen molar-refractivity contribution in [3.8, 4) is 5.69 Å². The summed E-state index contributed by atoms with van der Waals surface area (Å²) in [5.41, 5.74) is 7.66. The summed E-state index contributed by atoms with van der Waals surface area (Å²) >= 11 is 0. The van der Waals surface area contributed by atoms with Gasteiger partial charge in [0.25, 0.3) is 0 Å². The van der Waals surface area contributed by atoms with Crippen molar-refractivity contribution < 1.29 is 9.90 Å². The van der Waals surface area contributed by atoms with E-state index in [4.69, 9.17) is 10.8 Å². The number of carboxylic acid groups (broad SMARTS) is 1. The second kappa shape index (κ2) is 4.52. The Morgan fingerprint density at radius 2 is 1.94 bits per heavy atom. The van der Waals surface area contributed by atoms with Gasteiger partial charge in [0.1, 0.15) is 5.82 Å². The fourth-order valence-corrected chi connectivity index (χ4v) is 1.71. The van der Waals surface area contributed by atoms with E-state index in [-0.39, 0.29) is 5.69 Å². The van der Waals surface area contributed by atoms with Crippen molar-refractivity contribution in [2.75, 3.05) is 5.73 Å². The number of nitrogens with two attached hydrogens (primary N) is 1. The molecular weight excluding hydrogens is 230 g/mol. The second-order valence-electron chi connectivity index (χ2n) is 4.42. The van der Waals surface area contributed by atoms with Crippen molar-refractivity contribution in [2.45, 2.75) is 19.8 Å². The fourth-order valence-electron chi connectivity index (χ4n) is 1.71. The highest BCUT2D eigenvalue weighted by molar-refractivity contribution is 5.86. The maximum atomic E-state index is 10.8. The Morgan fingerprint density at radius 3 is 2.39 bits per heavy atom. The second-order valence-corrected chi connectivity index (χ2v) is 4.42. The molecule has 5 nitrogen and oxygen atoms in total. The van der Waals surface area contributed by atoms with E-state index < -0.39 is 5.97 Å². The number of carboxylic acids is 1. The molecule has 1 heterocycles. The van der Waals surface area contributed by atoms with E-state index in [1.54, 1.807) is 0 Å². The quantitative estimate of drug-likeness (QED) is 0.869. The van der Waals surface area contributed by atoms with Gasteiger partial charge < -0.3 is 10.8 Å². The molecule has 18 heavy (non-hydrogen) atoms. The van der Waals surface area contributed by atoms with Crippen molar-refractivity contribution in [1.82, 2.24) is 9.78 Å². The number of nitrogens with zero attached hydrogens (tertiary/aromatic N) is 2. The molecule has 0 fully saturated rings. The van der Waals surface area contributed by atoms with Gasteiger partial charge in [-0.1, -0.05) is 26.0 Å². The summed E-state index contributed by atoms with van der Waals surface area (Å²) in [6.45, 7) is 4.22. The van der Waals surface area contributed by atoms with Crippen LogP contribution in [0.4, 0.5) is 5.82 Å². The summed E-state index contributed by atoms with van der Waals surface area (Å²) in [5, 5.41) is 12.8. The first-order valence-electron chi connectivity index (χ1n) is 5.68. The van der Waals surface area contributed by atoms with Crippen molar-refractivity contribution in [1.29, 1.82) is 0 Å². The van der Waals surface area contributed by atoms with Gasteiger partial charge in [-0.25, -0.2) is 9.48 Å². The monoisotopic (exact) mass is 245 g/mol. The number of rotatable bonds is 3. The number of nitrogen functional groups attached to an aromatic ring is 1. The lowest BCUT2D eigenvalue weighted by Crippen LogP contribution is -2.03. The minimum atomic E-state index is -1.08. The van der Waals surface area contributed by atoms with Gasteiger partial charge in [-0.3, -0.25) is 0 Å². The van der Waals surface area contributed by atoms with Gasteiger partial charge in [0.15, 0.2) is 5.69 Å². The first kappa shape index (κ1) is 12.2. The van der Waals surface area contributed by atoms with Gasteiger partial charge in [0, 0.05) is 6.07 Å². The van der Waals surface area contributed by atoms with E-state index in [1.165, 1.54) is 16.3 Å². The molecule has 0 aliphatic heterocycles. The van der Waals surface area contributed by atoms with E-state index in [2.05, 4.69) is 18.9 Å². The van der Waals surface area contributed by atoms with Gasteiger partial charge in [0.05, 0.1) is 5.69 Å². The van der Waals surface area contributed by atoms with Crippen LogP contribution >= 0.6 is 0 Å². The predicted molar refractivity (Wildman–Crippen MR) is 69.0 cm³/mol. The molecule has 2 aromatic rings. The molecule has 0 saturated carbocycles. The molecule has 94 valence electrons. The smallest absolute Gasteiger partial charge is 0.356 e. The number of anilines is 1. The minimum absolute atomic E-state index is 0.0552. The van der Waals surface area contributed by atoms with Crippen molar-refractivity contribution >= 4 is 11.8 Å². The van der Waals surface area contributed by atoms with Crippen LogP contribution < -0.4 is 5.73 Å². The summed E-state index contributed by atoms with van der Waals surface area (Å²) in [5.74, 6) is -0.326. The first-order chi connectivity index (χ1) is 8.49. The van der Waals surface area contributed by atoms with Crippen LogP contribution in [-0.2, 0) is 0 Å². The third-order valence-corrected chi connectivity index (χ3v) is 2.76. The Morgan fingerprint density at radius 1 is 1.33 bits per heavy atom. The molecule has 1 aromatic heterocycles. The lowest BCUT2D eigenvalue weighted by Gasteiger charge is -2.07. The molecule has 0 unspecified atom stereocenters. The lowest BCUT2D eigenvalue weighted by atomic mass is 10.0. The molecule has 5 heteroatoms. The normalized spacial score (nSPS) is 10.8. The average Bonchev–Trinajstić information content (AvgIpc) is 2.71. The summed E-state index contributed by atoms with van der Waals surface area (Å²) in [7, 11) is 0. The minimum Gasteiger partial charge on any atom is -0.476 e. The van der Waals surface area contributed by atoms with E-state index in [1.807, 2.05) is 24.3 Å². The lowest BCUT2D eigenvalue weighted by molar-refractivity contribution is 0.0690. The molecule has 0 atom stereocenters. The van der Waals surface area contributed by atoms with Crippen LogP contribution in [0.1, 0.15) is 35.8 Å². The molecule has 2 rings (SSSR count). The highest BCUT2D eigenvalue weighted by atomic mass is 16.4. The number of carbonyl (C=O) groups is 1. The Bertz CT molecular complexity index is 570. The summed E-state index contributed by atoms with van der Waals surface area (Å²) in [6, 6.07) is 9.08. The van der Waals surface area contributed by atoms with Crippen molar-refractivity contribution in [2.24, 2.45) is 0 Å². The third kappa shape index (κ3) is 2.20. The average molecular weight is 245 g/mol. The predicted octanol–water partition coefficient (Wildman–Crippen LogP) is 2.28. The first-order valence-corrected chi connectivity index (χ1v) is 5.68. The van der Waals surface area contributed by atoms with Crippen LogP contribution in [0.2, 0.25) is 0 Å². The highest BCUT2D eigenvalue weighted by Gasteiger charge is 2.12. The Balaban J connectivity index is 2.39. The van der Waals surface area contributed by atoms with E-state index in [0.29, 0.717) is 11.7 Å². The number of aromatic nitrogens is 2. The zero-order chi connectivity index (χ0) is 13.3. The largest absolute Gasteiger partial charge is 0.476 e. The molecule has 0 radical (unpaired) electrons. The van der Waals surface area contributed by atoms with E-state index in [0.717, 1.165) is 5.69 Å². The molecule has 0 spiro atoms. The zero-order valence-electron chi connectivity index (χ0n) is 10.3. The van der Waals surface area contributed by atoms with Crippen molar-refractivity contribution in [3.05, 3.63) is 41.6 Å². The topological polar surface area (TPSA) is 81.1 Å². The van der Waals surface area contributed by atoms with Crippen LogP contribution in [0, 0.1) is 0 Å². The van der Waals surface area contributed by atoms with Crippen molar-refractivity contribution in [3.63, 3.8) is 0 Å². The molecule has 1 aromatic carbocycles. The SMILES string of the molecule is CC(C)c1ccc(-n2nc(C(=O)O)cc2N)cc1. The van der Waals surface area contributed by atoms with Gasteiger partial charge in [0.2, 0.25) is 0 Å². The van der Waals surface area contributed by atoms with Crippen LogP contribution in [-0.4, -0.2) is 20.9 Å². The van der Waals surface area contributed by atoms with E-state index in [9.17, 15) is 4.79 Å². The summed E-state index contributed by atoms with van der Waals surface area (Å²) < 4.78 is 1.42. The van der Waals surface area contributed by atoms with Gasteiger partial charge in [-0.05, 0) is 23.6 Å². The van der Waals surface area contributed by atoms with E-state index >= 15 is 0 Å². The maximum Gasteiger partial charge on any atom is 0.356 e. The summed E-state index contributed by atoms with van der Waals surface area (Å²) in [6.07, 6.45) is 0. The van der Waals surface area contributed by atoms with Crippen LogP contribution in [0.3, 0.4) is 0 Å². The Hall–Kier alpha value is -2.30. The van der Waals surface area contributed by atoms with Gasteiger partial charge >= 0.3 is 5.97 Å². The van der Waals surface area contributed by atoms with Crippen LogP contribution in [0.5, 0.6) is 0 Å². The number of aromatic carboxylic acids is 1. The molecular formula is C13H15N3O2. The Kier molecular flexibility index (Phi) is 3.06. The number of hydrogen-bond donors (Lipinski definition) is 2. The molecule has 0 bridgehead atoms. The Labute approximate surface area is 105 Å². The van der Waals surface area contributed by atoms with Crippen LogP contribution in [0.15, 0.2) is 30.3 Å². The fraction of sp³-hybridized carbons (Fsp3) is 0.231. The number of benzene rings is 1. The molecule has 0 saturated heterocycles. The summed E-state index contributed by atoms with van der Waals surface area (Å²) in [4.78, 5) is 10.8. The van der Waals surface area contributed by atoms with Gasteiger partial charge in [-0.2, -0.15) is 5.10 Å². The molecule has 0 aliphatic carbocycles. The number of hydrogen-bond acceptors (Lipinski definition) is 3. The zero-order valence-corrected chi connectivity index (χ0v) is 10.3. The van der Waals surface area contributed by atoms with Crippen LogP contribution in [0.25, 0.3) is 5.69 Å². The molecule has 3 N–H and O–H groups in total.